The van der Waals surface area contributed by atoms with Gasteiger partial charge in [-0.1, -0.05) is 6.07 Å². The molecule has 1 aliphatic rings. The highest BCUT2D eigenvalue weighted by Gasteiger charge is 2.21. The number of hydrazone groups is 1. The van der Waals surface area contributed by atoms with E-state index in [0.717, 1.165) is 9.26 Å². The predicted molar refractivity (Wildman–Crippen MR) is 77.2 cm³/mol. The lowest BCUT2D eigenvalue weighted by atomic mass is 10.1. The lowest BCUT2D eigenvalue weighted by molar-refractivity contribution is -0.130. The van der Waals surface area contributed by atoms with E-state index >= 15 is 0 Å². The average molecular weight is 357 g/mol. The molecule has 0 aromatic heterocycles. The molecule has 5 nitrogen and oxygen atoms in total. The summed E-state index contributed by atoms with van der Waals surface area (Å²) in [5.41, 5.74) is 1.12. The Bertz CT molecular complexity index is 528. The predicted octanol–water partition coefficient (Wildman–Crippen LogP) is 1.84. The van der Waals surface area contributed by atoms with Gasteiger partial charge in [-0.3, -0.25) is 9.59 Å². The molecular weight excluding hydrogens is 345 g/mol. The summed E-state index contributed by atoms with van der Waals surface area (Å²) in [5, 5.41) is 7.96. The number of anilines is 1. The molecule has 2 amide bonds. The number of halogens is 1. The Morgan fingerprint density at radius 1 is 1.44 bits per heavy atom. The highest BCUT2D eigenvalue weighted by Crippen LogP contribution is 2.14. The maximum atomic E-state index is 11.9. The first-order valence-corrected chi connectivity index (χ1v) is 6.55. The zero-order chi connectivity index (χ0) is 13.1. The highest BCUT2D eigenvalue weighted by molar-refractivity contribution is 14.1. The van der Waals surface area contributed by atoms with E-state index in [9.17, 15) is 9.59 Å². The maximum absolute atomic E-state index is 11.9. The molecule has 0 saturated heterocycles. The number of amides is 2. The van der Waals surface area contributed by atoms with Crippen LogP contribution < -0.4 is 5.32 Å². The minimum absolute atomic E-state index is 0.0687. The number of benzene rings is 1. The van der Waals surface area contributed by atoms with Gasteiger partial charge in [0.25, 0.3) is 5.91 Å². The Labute approximate surface area is 118 Å². The number of hydrogen-bond donors (Lipinski definition) is 1. The molecule has 2 rings (SSSR count). The monoisotopic (exact) mass is 357 g/mol. The lowest BCUT2D eigenvalue weighted by Gasteiger charge is -2.18. The summed E-state index contributed by atoms with van der Waals surface area (Å²) in [6, 6.07) is 7.51. The minimum atomic E-state index is -0.253. The van der Waals surface area contributed by atoms with Gasteiger partial charge in [0.1, 0.15) is 5.71 Å². The van der Waals surface area contributed by atoms with Gasteiger partial charge >= 0.3 is 0 Å². The van der Waals surface area contributed by atoms with Crippen LogP contribution in [-0.4, -0.2) is 29.6 Å². The average Bonchev–Trinajstić information content (AvgIpc) is 2.32. The van der Waals surface area contributed by atoms with E-state index in [1.807, 2.05) is 24.3 Å². The van der Waals surface area contributed by atoms with E-state index < -0.39 is 0 Å². The SMILES string of the molecule is CN1N=C(C(=O)Nc2cccc(I)c2)CCC1=O. The standard InChI is InChI=1S/C12H12IN3O2/c1-16-11(17)6-5-10(15-16)12(18)14-9-4-2-3-8(13)7-9/h2-4,7H,5-6H2,1H3,(H,14,18). The van der Waals surface area contributed by atoms with Crippen molar-refractivity contribution < 1.29 is 9.59 Å². The summed E-state index contributed by atoms with van der Waals surface area (Å²) < 4.78 is 1.04. The summed E-state index contributed by atoms with van der Waals surface area (Å²) in [6.07, 6.45) is 0.716. The second-order valence-electron chi connectivity index (χ2n) is 3.93. The van der Waals surface area contributed by atoms with Crippen LogP contribution in [0.25, 0.3) is 0 Å². The van der Waals surface area contributed by atoms with Gasteiger partial charge in [0, 0.05) is 29.1 Å². The second-order valence-corrected chi connectivity index (χ2v) is 5.17. The van der Waals surface area contributed by atoms with Crippen molar-refractivity contribution in [1.82, 2.24) is 5.01 Å². The van der Waals surface area contributed by atoms with E-state index in [1.54, 1.807) is 7.05 Å². The van der Waals surface area contributed by atoms with Gasteiger partial charge in [-0.15, -0.1) is 0 Å². The van der Waals surface area contributed by atoms with E-state index in [2.05, 4.69) is 33.0 Å². The topological polar surface area (TPSA) is 61.8 Å². The van der Waals surface area contributed by atoms with Crippen LogP contribution in [0.2, 0.25) is 0 Å². The number of nitrogens with one attached hydrogen (secondary N) is 1. The molecule has 18 heavy (non-hydrogen) atoms. The fourth-order valence-electron chi connectivity index (χ4n) is 1.60. The van der Waals surface area contributed by atoms with Crippen molar-refractivity contribution in [1.29, 1.82) is 0 Å². The van der Waals surface area contributed by atoms with Crippen molar-refractivity contribution in [2.75, 3.05) is 12.4 Å². The molecule has 0 fully saturated rings. The largest absolute Gasteiger partial charge is 0.321 e. The van der Waals surface area contributed by atoms with E-state index in [0.29, 0.717) is 18.6 Å². The second kappa shape index (κ2) is 5.47. The Hall–Kier alpha value is -1.44. The minimum Gasteiger partial charge on any atom is -0.321 e. The van der Waals surface area contributed by atoms with Crippen LogP contribution in [-0.2, 0) is 9.59 Å². The van der Waals surface area contributed by atoms with E-state index in [-0.39, 0.29) is 11.8 Å². The van der Waals surface area contributed by atoms with Gasteiger partial charge in [0.15, 0.2) is 0 Å². The lowest BCUT2D eigenvalue weighted by Crippen LogP contribution is -2.34. The molecule has 0 atom stereocenters. The number of carbonyl (C=O) groups is 2. The van der Waals surface area contributed by atoms with Crippen LogP contribution in [0.5, 0.6) is 0 Å². The Balaban J connectivity index is 2.09. The summed E-state index contributed by atoms with van der Waals surface area (Å²) in [5.74, 6) is -0.322. The molecule has 6 heteroatoms. The Morgan fingerprint density at radius 3 is 2.89 bits per heavy atom. The maximum Gasteiger partial charge on any atom is 0.271 e. The molecule has 1 N–H and O–H groups in total. The number of hydrogen-bond acceptors (Lipinski definition) is 3. The third-order valence-electron chi connectivity index (χ3n) is 2.55. The van der Waals surface area contributed by atoms with Gasteiger partial charge in [-0.2, -0.15) is 5.10 Å². The summed E-state index contributed by atoms with van der Waals surface area (Å²) in [4.78, 5) is 23.2. The zero-order valence-electron chi connectivity index (χ0n) is 9.81. The van der Waals surface area contributed by atoms with Crippen molar-refractivity contribution in [2.45, 2.75) is 12.8 Å². The number of carbonyl (C=O) groups excluding carboxylic acids is 2. The highest BCUT2D eigenvalue weighted by atomic mass is 127. The molecule has 0 aliphatic carbocycles. The van der Waals surface area contributed by atoms with Crippen LogP contribution in [0, 0.1) is 3.57 Å². The molecule has 1 heterocycles. The third kappa shape index (κ3) is 3.06. The van der Waals surface area contributed by atoms with Gasteiger partial charge in [0.2, 0.25) is 5.91 Å². The smallest absolute Gasteiger partial charge is 0.271 e. The number of rotatable bonds is 2. The van der Waals surface area contributed by atoms with Crippen LogP contribution in [0.4, 0.5) is 5.69 Å². The quantitative estimate of drug-likeness (QED) is 0.822. The molecule has 0 spiro atoms. The molecular formula is C12H12IN3O2. The normalized spacial score (nSPS) is 15.3. The fourth-order valence-corrected chi connectivity index (χ4v) is 2.15. The molecule has 0 bridgehead atoms. The molecule has 0 unspecified atom stereocenters. The summed E-state index contributed by atoms with van der Waals surface area (Å²) in [6.45, 7) is 0. The molecule has 0 saturated carbocycles. The van der Waals surface area contributed by atoms with Gasteiger partial charge < -0.3 is 5.32 Å². The van der Waals surface area contributed by atoms with Gasteiger partial charge in [0.05, 0.1) is 0 Å². The van der Waals surface area contributed by atoms with Gasteiger partial charge in [-0.05, 0) is 40.8 Å². The fraction of sp³-hybridized carbons (Fsp3) is 0.250. The van der Waals surface area contributed by atoms with E-state index in [4.69, 9.17) is 0 Å². The summed E-state index contributed by atoms with van der Waals surface area (Å²) in [7, 11) is 1.56. The van der Waals surface area contributed by atoms with Gasteiger partial charge in [-0.25, -0.2) is 5.01 Å². The first-order chi connectivity index (χ1) is 8.56. The van der Waals surface area contributed by atoms with Crippen molar-refractivity contribution in [2.24, 2.45) is 5.10 Å². The van der Waals surface area contributed by atoms with Crippen LogP contribution in [0.15, 0.2) is 29.4 Å². The van der Waals surface area contributed by atoms with Crippen molar-refractivity contribution in [3.63, 3.8) is 0 Å². The number of nitrogens with zero attached hydrogens (tertiary/aromatic N) is 2. The molecule has 1 aromatic carbocycles. The molecule has 1 aliphatic heterocycles. The first kappa shape index (κ1) is 13.0. The molecule has 0 radical (unpaired) electrons. The van der Waals surface area contributed by atoms with E-state index in [1.165, 1.54) is 5.01 Å². The molecule has 1 aromatic rings. The molecule has 94 valence electrons. The van der Waals surface area contributed by atoms with Crippen molar-refractivity contribution >= 4 is 45.8 Å². The van der Waals surface area contributed by atoms with Crippen molar-refractivity contribution in [3.05, 3.63) is 27.8 Å². The first-order valence-electron chi connectivity index (χ1n) is 5.47. The van der Waals surface area contributed by atoms with Crippen LogP contribution >= 0.6 is 22.6 Å². The van der Waals surface area contributed by atoms with Crippen molar-refractivity contribution in [3.8, 4) is 0 Å². The van der Waals surface area contributed by atoms with Crippen LogP contribution in [0.3, 0.4) is 0 Å². The summed E-state index contributed by atoms with van der Waals surface area (Å²) >= 11 is 2.18. The zero-order valence-corrected chi connectivity index (χ0v) is 12.0. The third-order valence-corrected chi connectivity index (χ3v) is 3.22. The van der Waals surface area contributed by atoms with Crippen LogP contribution in [0.1, 0.15) is 12.8 Å². The Kier molecular flexibility index (Phi) is 3.95. The Morgan fingerprint density at radius 2 is 2.22 bits per heavy atom.